The lowest BCUT2D eigenvalue weighted by molar-refractivity contribution is -0.138. The Morgan fingerprint density at radius 2 is 1.87 bits per heavy atom. The summed E-state index contributed by atoms with van der Waals surface area (Å²) in [6.07, 6.45) is -0.0586. The minimum atomic E-state index is -3.94. The first-order valence-corrected chi connectivity index (χ1v) is 8.20. The van der Waals surface area contributed by atoms with Gasteiger partial charge in [0.2, 0.25) is 10.0 Å². The highest BCUT2D eigenvalue weighted by Crippen LogP contribution is 2.12. The molecule has 0 heterocycles. The van der Waals surface area contributed by atoms with Crippen LogP contribution in [0.5, 0.6) is 0 Å². The fourth-order valence-electron chi connectivity index (χ4n) is 2.04. The molecule has 0 saturated heterocycles. The molecule has 6 nitrogen and oxygen atoms in total. The lowest BCUT2D eigenvalue weighted by Crippen LogP contribution is -2.42. The number of carbonyl (C=O) groups is 1. The molecular formula is C16H14N2O4S. The first kappa shape index (κ1) is 16.7. The molecule has 2 aromatic carbocycles. The van der Waals surface area contributed by atoms with Gasteiger partial charge in [-0.2, -0.15) is 9.98 Å². The van der Waals surface area contributed by atoms with Gasteiger partial charge in [-0.15, -0.1) is 0 Å². The van der Waals surface area contributed by atoms with Gasteiger partial charge in [0.05, 0.1) is 16.5 Å². The summed E-state index contributed by atoms with van der Waals surface area (Å²) in [5.41, 5.74) is 0.949. The molecule has 118 valence electrons. The Morgan fingerprint density at radius 1 is 1.17 bits per heavy atom. The molecule has 0 spiro atoms. The average Bonchev–Trinajstić information content (AvgIpc) is 2.55. The van der Waals surface area contributed by atoms with Crippen molar-refractivity contribution >= 4 is 16.0 Å². The van der Waals surface area contributed by atoms with Crippen LogP contribution >= 0.6 is 0 Å². The maximum absolute atomic E-state index is 12.2. The lowest BCUT2D eigenvalue weighted by atomic mass is 10.0. The summed E-state index contributed by atoms with van der Waals surface area (Å²) in [6, 6.07) is 14.6. The summed E-state index contributed by atoms with van der Waals surface area (Å²) in [5.74, 6) is -1.29. The number of nitrogens with zero attached hydrogens (tertiary/aromatic N) is 1. The Bertz CT molecular complexity index is 842. The van der Waals surface area contributed by atoms with Crippen LogP contribution in [-0.2, 0) is 21.2 Å². The maximum atomic E-state index is 12.2. The van der Waals surface area contributed by atoms with Crippen LogP contribution in [0.3, 0.4) is 0 Å². The molecule has 0 saturated carbocycles. The molecule has 2 aromatic rings. The summed E-state index contributed by atoms with van der Waals surface area (Å²) in [7, 11) is -3.94. The second kappa shape index (κ2) is 7.05. The van der Waals surface area contributed by atoms with Crippen LogP contribution in [0.25, 0.3) is 0 Å². The molecule has 0 aliphatic heterocycles. The predicted molar refractivity (Wildman–Crippen MR) is 83.0 cm³/mol. The Kier molecular flexibility index (Phi) is 5.11. The van der Waals surface area contributed by atoms with E-state index in [1.165, 1.54) is 18.2 Å². The molecule has 0 fully saturated rings. The Balaban J connectivity index is 2.23. The van der Waals surface area contributed by atoms with Gasteiger partial charge in [0, 0.05) is 0 Å². The third kappa shape index (κ3) is 4.39. The minimum absolute atomic E-state index is 0.00275. The molecule has 0 radical (unpaired) electrons. The van der Waals surface area contributed by atoms with E-state index in [9.17, 15) is 18.3 Å². The number of aliphatic carboxylic acids is 1. The molecule has 0 aliphatic carbocycles. The van der Waals surface area contributed by atoms with Crippen LogP contribution in [0.1, 0.15) is 11.1 Å². The van der Waals surface area contributed by atoms with Crippen LogP contribution < -0.4 is 4.72 Å². The van der Waals surface area contributed by atoms with Crippen molar-refractivity contribution in [2.75, 3.05) is 0 Å². The Morgan fingerprint density at radius 3 is 2.48 bits per heavy atom. The van der Waals surface area contributed by atoms with Crippen LogP contribution in [0.15, 0.2) is 59.5 Å². The fourth-order valence-corrected chi connectivity index (χ4v) is 3.25. The summed E-state index contributed by atoms with van der Waals surface area (Å²) >= 11 is 0. The van der Waals surface area contributed by atoms with E-state index in [-0.39, 0.29) is 11.3 Å². The largest absolute Gasteiger partial charge is 0.480 e. The number of benzene rings is 2. The maximum Gasteiger partial charge on any atom is 0.322 e. The molecule has 7 heteroatoms. The molecule has 0 amide bonds. The van der Waals surface area contributed by atoms with Gasteiger partial charge in [0.25, 0.3) is 0 Å². The number of carboxylic acids is 1. The van der Waals surface area contributed by atoms with Gasteiger partial charge in [-0.25, -0.2) is 8.42 Å². The Labute approximate surface area is 134 Å². The SMILES string of the molecule is N#Cc1cccc(CC(NS(=O)(=O)c2ccccc2)C(=O)O)c1. The van der Waals surface area contributed by atoms with Crippen molar-refractivity contribution in [1.29, 1.82) is 5.26 Å². The molecular weight excluding hydrogens is 316 g/mol. The number of hydrogen-bond donors (Lipinski definition) is 2. The number of sulfonamides is 1. The lowest BCUT2D eigenvalue weighted by Gasteiger charge is -2.15. The van der Waals surface area contributed by atoms with Crippen molar-refractivity contribution in [1.82, 2.24) is 4.72 Å². The number of nitriles is 1. The van der Waals surface area contributed by atoms with Gasteiger partial charge < -0.3 is 5.11 Å². The first-order valence-electron chi connectivity index (χ1n) is 6.71. The third-order valence-electron chi connectivity index (χ3n) is 3.14. The summed E-state index contributed by atoms with van der Waals surface area (Å²) < 4.78 is 26.7. The zero-order valence-electron chi connectivity index (χ0n) is 12.0. The van der Waals surface area contributed by atoms with Gasteiger partial charge in [-0.3, -0.25) is 4.79 Å². The molecule has 0 bridgehead atoms. The van der Waals surface area contributed by atoms with E-state index in [0.29, 0.717) is 11.1 Å². The second-order valence-corrected chi connectivity index (χ2v) is 6.56. The van der Waals surface area contributed by atoms with Crippen molar-refractivity contribution in [2.24, 2.45) is 0 Å². The van der Waals surface area contributed by atoms with Crippen molar-refractivity contribution in [3.05, 3.63) is 65.7 Å². The van der Waals surface area contributed by atoms with Crippen molar-refractivity contribution < 1.29 is 18.3 Å². The van der Waals surface area contributed by atoms with Gasteiger partial charge in [-0.05, 0) is 36.2 Å². The Hall–Kier alpha value is -2.69. The second-order valence-electron chi connectivity index (χ2n) is 4.84. The van der Waals surface area contributed by atoms with Crippen LogP contribution in [0.4, 0.5) is 0 Å². The monoisotopic (exact) mass is 330 g/mol. The van der Waals surface area contributed by atoms with E-state index in [1.807, 2.05) is 6.07 Å². The zero-order chi connectivity index (χ0) is 16.9. The standard InChI is InChI=1S/C16H14N2O4S/c17-11-13-6-4-5-12(9-13)10-15(16(19)20)18-23(21,22)14-7-2-1-3-8-14/h1-9,15,18H,10H2,(H,19,20). The van der Waals surface area contributed by atoms with Crippen molar-refractivity contribution in [3.63, 3.8) is 0 Å². The van der Waals surface area contributed by atoms with E-state index in [1.54, 1.807) is 36.4 Å². The smallest absolute Gasteiger partial charge is 0.322 e. The van der Waals surface area contributed by atoms with E-state index in [2.05, 4.69) is 4.72 Å². The minimum Gasteiger partial charge on any atom is -0.480 e. The summed E-state index contributed by atoms with van der Waals surface area (Å²) in [5, 5.41) is 18.1. The molecule has 2 rings (SSSR count). The van der Waals surface area contributed by atoms with Crippen LogP contribution in [0, 0.1) is 11.3 Å². The van der Waals surface area contributed by atoms with E-state index in [0.717, 1.165) is 0 Å². The third-order valence-corrected chi connectivity index (χ3v) is 4.63. The molecule has 23 heavy (non-hydrogen) atoms. The van der Waals surface area contributed by atoms with E-state index in [4.69, 9.17) is 5.26 Å². The van der Waals surface area contributed by atoms with Crippen LogP contribution in [-0.4, -0.2) is 25.5 Å². The number of hydrogen-bond acceptors (Lipinski definition) is 4. The number of nitrogens with one attached hydrogen (secondary N) is 1. The number of carboxylic acid groups (broad SMARTS) is 1. The molecule has 0 aromatic heterocycles. The normalized spacial score (nSPS) is 12.3. The van der Waals surface area contributed by atoms with Crippen molar-refractivity contribution in [2.45, 2.75) is 17.4 Å². The van der Waals surface area contributed by atoms with Gasteiger partial charge in [-0.1, -0.05) is 30.3 Å². The molecule has 2 N–H and O–H groups in total. The zero-order valence-corrected chi connectivity index (χ0v) is 12.8. The predicted octanol–water partition coefficient (Wildman–Crippen LogP) is 1.53. The van der Waals surface area contributed by atoms with E-state index < -0.39 is 22.0 Å². The molecule has 1 unspecified atom stereocenters. The molecule has 1 atom stereocenters. The molecule has 0 aliphatic rings. The highest BCUT2D eigenvalue weighted by Gasteiger charge is 2.25. The highest BCUT2D eigenvalue weighted by atomic mass is 32.2. The van der Waals surface area contributed by atoms with E-state index >= 15 is 0 Å². The van der Waals surface area contributed by atoms with Gasteiger partial charge >= 0.3 is 5.97 Å². The summed E-state index contributed by atoms with van der Waals surface area (Å²) in [4.78, 5) is 11.4. The van der Waals surface area contributed by atoms with Gasteiger partial charge in [0.15, 0.2) is 0 Å². The van der Waals surface area contributed by atoms with Crippen LogP contribution in [0.2, 0.25) is 0 Å². The quantitative estimate of drug-likeness (QED) is 0.835. The van der Waals surface area contributed by atoms with Crippen molar-refractivity contribution in [3.8, 4) is 6.07 Å². The highest BCUT2D eigenvalue weighted by molar-refractivity contribution is 7.89. The average molecular weight is 330 g/mol. The topological polar surface area (TPSA) is 107 Å². The summed E-state index contributed by atoms with van der Waals surface area (Å²) in [6.45, 7) is 0. The first-order chi connectivity index (χ1) is 10.9. The fraction of sp³-hybridized carbons (Fsp3) is 0.125. The number of rotatable bonds is 6. The van der Waals surface area contributed by atoms with Gasteiger partial charge in [0.1, 0.15) is 6.04 Å².